The Morgan fingerprint density at radius 3 is 2.36 bits per heavy atom. The zero-order valence-corrected chi connectivity index (χ0v) is 16.4. The third-order valence-corrected chi connectivity index (χ3v) is 5.28. The van der Waals surface area contributed by atoms with Gasteiger partial charge in [-0.15, -0.1) is 0 Å². The van der Waals surface area contributed by atoms with Crippen molar-refractivity contribution >= 4 is 5.91 Å². The Bertz CT molecular complexity index is 944. The second-order valence-electron chi connectivity index (χ2n) is 7.18. The molecule has 0 radical (unpaired) electrons. The summed E-state index contributed by atoms with van der Waals surface area (Å²) in [5, 5.41) is 4.62. The van der Waals surface area contributed by atoms with Gasteiger partial charge in [-0.1, -0.05) is 24.3 Å². The highest BCUT2D eigenvalue weighted by atomic mass is 16.2. The maximum absolute atomic E-state index is 13.2. The van der Waals surface area contributed by atoms with Gasteiger partial charge in [-0.2, -0.15) is 5.10 Å². The minimum absolute atomic E-state index is 0.0784. The third kappa shape index (κ3) is 3.68. The van der Waals surface area contributed by atoms with E-state index in [9.17, 15) is 4.79 Å². The number of hydrogen-bond donors (Lipinski definition) is 0. The predicted octanol–water partition coefficient (Wildman–Crippen LogP) is 2.84. The van der Waals surface area contributed by atoms with Crippen molar-refractivity contribution in [1.29, 1.82) is 0 Å². The Morgan fingerprint density at radius 1 is 0.964 bits per heavy atom. The van der Waals surface area contributed by atoms with Gasteiger partial charge in [0.25, 0.3) is 5.91 Å². The highest BCUT2D eigenvalue weighted by Gasteiger charge is 2.27. The summed E-state index contributed by atoms with van der Waals surface area (Å²) >= 11 is 0. The average molecular weight is 375 g/mol. The molecule has 3 heterocycles. The molecule has 1 fully saturated rings. The first-order chi connectivity index (χ1) is 13.6. The summed E-state index contributed by atoms with van der Waals surface area (Å²) in [6.07, 6.45) is 1.82. The van der Waals surface area contributed by atoms with E-state index in [1.54, 1.807) is 0 Å². The SMILES string of the molecule is Cc1nn(-c2ccccc2)c(C)c1C(=O)N1CCN(Cc2ccccn2)CC1. The zero-order valence-electron chi connectivity index (χ0n) is 16.4. The van der Waals surface area contributed by atoms with Crippen molar-refractivity contribution in [2.24, 2.45) is 0 Å². The summed E-state index contributed by atoms with van der Waals surface area (Å²) < 4.78 is 1.86. The Hall–Kier alpha value is -2.99. The highest BCUT2D eigenvalue weighted by molar-refractivity contribution is 5.96. The minimum atomic E-state index is 0.0784. The number of benzene rings is 1. The van der Waals surface area contributed by atoms with Crippen molar-refractivity contribution in [2.75, 3.05) is 26.2 Å². The van der Waals surface area contributed by atoms with E-state index in [0.29, 0.717) is 0 Å². The molecule has 6 nitrogen and oxygen atoms in total. The molecule has 2 aromatic heterocycles. The molecule has 0 unspecified atom stereocenters. The van der Waals surface area contributed by atoms with Gasteiger partial charge in [0.05, 0.1) is 28.3 Å². The van der Waals surface area contributed by atoms with Crippen LogP contribution in [-0.4, -0.2) is 56.7 Å². The minimum Gasteiger partial charge on any atom is -0.336 e. The number of pyridine rings is 1. The number of carbonyl (C=O) groups is 1. The van der Waals surface area contributed by atoms with E-state index in [-0.39, 0.29) is 5.91 Å². The number of aryl methyl sites for hydroxylation is 1. The largest absolute Gasteiger partial charge is 0.336 e. The molecule has 1 aliphatic rings. The molecule has 3 aromatic rings. The number of para-hydroxylation sites is 1. The number of hydrogen-bond acceptors (Lipinski definition) is 4. The monoisotopic (exact) mass is 375 g/mol. The molecular formula is C22H25N5O. The van der Waals surface area contributed by atoms with Crippen LogP contribution in [0.4, 0.5) is 0 Å². The van der Waals surface area contributed by atoms with E-state index in [4.69, 9.17) is 0 Å². The Balaban J connectivity index is 1.45. The van der Waals surface area contributed by atoms with Gasteiger partial charge in [0, 0.05) is 38.9 Å². The van der Waals surface area contributed by atoms with Crippen LogP contribution in [-0.2, 0) is 6.54 Å². The van der Waals surface area contributed by atoms with Crippen LogP contribution in [0.15, 0.2) is 54.7 Å². The highest BCUT2D eigenvalue weighted by Crippen LogP contribution is 2.20. The van der Waals surface area contributed by atoms with Crippen molar-refractivity contribution < 1.29 is 4.79 Å². The topological polar surface area (TPSA) is 54.3 Å². The molecule has 0 aliphatic carbocycles. The first kappa shape index (κ1) is 18.4. The average Bonchev–Trinajstić information content (AvgIpc) is 3.03. The lowest BCUT2D eigenvalue weighted by Gasteiger charge is -2.34. The van der Waals surface area contributed by atoms with E-state index in [1.807, 2.05) is 78.2 Å². The molecule has 1 saturated heterocycles. The van der Waals surface area contributed by atoms with Crippen LogP contribution in [0.2, 0.25) is 0 Å². The fourth-order valence-electron chi connectivity index (χ4n) is 3.76. The predicted molar refractivity (Wildman–Crippen MR) is 108 cm³/mol. The van der Waals surface area contributed by atoms with Gasteiger partial charge in [0.2, 0.25) is 0 Å². The third-order valence-electron chi connectivity index (χ3n) is 5.28. The van der Waals surface area contributed by atoms with Crippen molar-refractivity contribution in [2.45, 2.75) is 20.4 Å². The fraction of sp³-hybridized carbons (Fsp3) is 0.318. The summed E-state index contributed by atoms with van der Waals surface area (Å²) in [6.45, 7) is 7.87. The molecule has 1 amide bonds. The van der Waals surface area contributed by atoms with Crippen molar-refractivity contribution in [3.05, 3.63) is 77.4 Å². The first-order valence-electron chi connectivity index (χ1n) is 9.66. The lowest BCUT2D eigenvalue weighted by atomic mass is 10.1. The molecule has 6 heteroatoms. The number of rotatable bonds is 4. The van der Waals surface area contributed by atoms with E-state index in [2.05, 4.69) is 15.0 Å². The van der Waals surface area contributed by atoms with Crippen LogP contribution in [0.3, 0.4) is 0 Å². The number of nitrogens with zero attached hydrogens (tertiary/aromatic N) is 5. The summed E-state index contributed by atoms with van der Waals surface area (Å²) in [4.78, 5) is 21.9. The lowest BCUT2D eigenvalue weighted by Crippen LogP contribution is -2.48. The Kier molecular flexibility index (Phi) is 5.21. The molecule has 0 bridgehead atoms. The molecule has 0 spiro atoms. The van der Waals surface area contributed by atoms with Gasteiger partial charge in [0.15, 0.2) is 0 Å². The van der Waals surface area contributed by atoms with E-state index < -0.39 is 0 Å². The second kappa shape index (κ2) is 7.94. The second-order valence-corrected chi connectivity index (χ2v) is 7.18. The summed E-state index contributed by atoms with van der Waals surface area (Å²) in [5.74, 6) is 0.0784. The lowest BCUT2D eigenvalue weighted by molar-refractivity contribution is 0.0625. The van der Waals surface area contributed by atoms with E-state index in [0.717, 1.165) is 61.1 Å². The van der Waals surface area contributed by atoms with Crippen LogP contribution in [0.1, 0.15) is 27.4 Å². The van der Waals surface area contributed by atoms with Crippen molar-refractivity contribution in [1.82, 2.24) is 24.6 Å². The number of aromatic nitrogens is 3. The molecule has 28 heavy (non-hydrogen) atoms. The van der Waals surface area contributed by atoms with Crippen LogP contribution in [0.25, 0.3) is 5.69 Å². The van der Waals surface area contributed by atoms with E-state index >= 15 is 0 Å². The van der Waals surface area contributed by atoms with Gasteiger partial charge in [-0.05, 0) is 38.1 Å². The van der Waals surface area contributed by atoms with Crippen molar-refractivity contribution in [3.63, 3.8) is 0 Å². The van der Waals surface area contributed by atoms with Gasteiger partial charge in [-0.3, -0.25) is 14.7 Å². The van der Waals surface area contributed by atoms with Crippen LogP contribution in [0.5, 0.6) is 0 Å². The molecule has 0 N–H and O–H groups in total. The summed E-state index contributed by atoms with van der Waals surface area (Å²) in [6, 6.07) is 15.9. The van der Waals surface area contributed by atoms with Crippen LogP contribution in [0, 0.1) is 13.8 Å². The van der Waals surface area contributed by atoms with Crippen LogP contribution < -0.4 is 0 Å². The fourth-order valence-corrected chi connectivity index (χ4v) is 3.76. The molecule has 144 valence electrons. The standard InChI is InChI=1S/C22H25N5O/c1-17-21(18(2)27(24-17)20-9-4-3-5-10-20)22(28)26-14-12-25(13-15-26)16-19-8-6-7-11-23-19/h3-11H,12-16H2,1-2H3. The van der Waals surface area contributed by atoms with Gasteiger partial charge in [0.1, 0.15) is 0 Å². The maximum Gasteiger partial charge on any atom is 0.257 e. The Labute approximate surface area is 165 Å². The molecule has 0 saturated carbocycles. The first-order valence-corrected chi connectivity index (χ1v) is 9.66. The summed E-state index contributed by atoms with van der Waals surface area (Å²) in [7, 11) is 0. The Morgan fingerprint density at radius 2 is 1.68 bits per heavy atom. The zero-order chi connectivity index (χ0) is 19.5. The quantitative estimate of drug-likeness (QED) is 0.704. The number of piperazine rings is 1. The smallest absolute Gasteiger partial charge is 0.257 e. The van der Waals surface area contributed by atoms with Crippen molar-refractivity contribution in [3.8, 4) is 5.69 Å². The van der Waals surface area contributed by atoms with Gasteiger partial charge < -0.3 is 4.90 Å². The molecule has 1 aromatic carbocycles. The van der Waals surface area contributed by atoms with Crippen LogP contribution >= 0.6 is 0 Å². The molecular weight excluding hydrogens is 350 g/mol. The molecule has 1 aliphatic heterocycles. The van der Waals surface area contributed by atoms with Gasteiger partial charge >= 0.3 is 0 Å². The molecule has 4 rings (SSSR count). The molecule has 0 atom stereocenters. The van der Waals surface area contributed by atoms with E-state index in [1.165, 1.54) is 0 Å². The van der Waals surface area contributed by atoms with Gasteiger partial charge in [-0.25, -0.2) is 4.68 Å². The number of carbonyl (C=O) groups excluding carboxylic acids is 1. The normalized spacial score (nSPS) is 15.0. The summed E-state index contributed by atoms with van der Waals surface area (Å²) in [5.41, 5.74) is 4.44. The maximum atomic E-state index is 13.2. The number of amides is 1.